The standard InChI is InChI=1S/C13H17NOS/c1-9-3-4-12(5-10(9)2)14-7-11(8-16)6-13(14)15/h3-5,11,16H,6-8H2,1-2H3. The zero-order chi connectivity index (χ0) is 11.7. The molecule has 0 aliphatic carbocycles. The summed E-state index contributed by atoms with van der Waals surface area (Å²) in [6.07, 6.45) is 0.635. The molecule has 2 nitrogen and oxygen atoms in total. The fourth-order valence-electron chi connectivity index (χ4n) is 2.05. The Bertz CT molecular complexity index is 416. The SMILES string of the molecule is Cc1ccc(N2CC(CS)CC2=O)cc1C. The zero-order valence-corrected chi connectivity index (χ0v) is 10.6. The topological polar surface area (TPSA) is 20.3 Å². The van der Waals surface area contributed by atoms with Gasteiger partial charge in [0.25, 0.3) is 0 Å². The number of anilines is 1. The summed E-state index contributed by atoms with van der Waals surface area (Å²) in [5.41, 5.74) is 3.53. The van der Waals surface area contributed by atoms with Gasteiger partial charge in [-0.3, -0.25) is 4.79 Å². The molecule has 0 saturated carbocycles. The van der Waals surface area contributed by atoms with Gasteiger partial charge >= 0.3 is 0 Å². The molecule has 1 aliphatic rings. The molecule has 1 saturated heterocycles. The number of benzene rings is 1. The van der Waals surface area contributed by atoms with Crippen LogP contribution in [0.3, 0.4) is 0 Å². The Morgan fingerprint density at radius 3 is 2.69 bits per heavy atom. The van der Waals surface area contributed by atoms with Crippen LogP contribution < -0.4 is 4.90 Å². The molecule has 1 heterocycles. The lowest BCUT2D eigenvalue weighted by molar-refractivity contribution is -0.117. The Morgan fingerprint density at radius 1 is 1.38 bits per heavy atom. The molecule has 1 atom stereocenters. The highest BCUT2D eigenvalue weighted by atomic mass is 32.1. The molecule has 1 aliphatic heterocycles. The quantitative estimate of drug-likeness (QED) is 0.781. The third-order valence-electron chi connectivity index (χ3n) is 3.27. The number of thiol groups is 1. The van der Waals surface area contributed by atoms with Crippen molar-refractivity contribution in [2.45, 2.75) is 20.3 Å². The predicted molar refractivity (Wildman–Crippen MR) is 70.2 cm³/mol. The van der Waals surface area contributed by atoms with Crippen molar-refractivity contribution in [3.63, 3.8) is 0 Å². The van der Waals surface area contributed by atoms with Gasteiger partial charge in [-0.1, -0.05) is 6.07 Å². The number of aryl methyl sites for hydroxylation is 2. The molecule has 16 heavy (non-hydrogen) atoms. The zero-order valence-electron chi connectivity index (χ0n) is 9.73. The number of rotatable bonds is 2. The van der Waals surface area contributed by atoms with E-state index in [1.54, 1.807) is 0 Å². The molecular weight excluding hydrogens is 218 g/mol. The lowest BCUT2D eigenvalue weighted by atomic mass is 10.1. The first-order chi connectivity index (χ1) is 7.61. The van der Waals surface area contributed by atoms with Crippen LogP contribution >= 0.6 is 12.6 Å². The van der Waals surface area contributed by atoms with E-state index in [-0.39, 0.29) is 5.91 Å². The molecule has 1 amide bonds. The molecule has 86 valence electrons. The summed E-state index contributed by atoms with van der Waals surface area (Å²) in [4.78, 5) is 13.7. The molecule has 1 fully saturated rings. The van der Waals surface area contributed by atoms with Crippen LogP contribution in [0, 0.1) is 19.8 Å². The van der Waals surface area contributed by atoms with E-state index < -0.39 is 0 Å². The van der Waals surface area contributed by atoms with Crippen LogP contribution in [0.1, 0.15) is 17.5 Å². The van der Waals surface area contributed by atoms with Crippen molar-refractivity contribution in [2.24, 2.45) is 5.92 Å². The molecule has 0 radical (unpaired) electrons. The minimum absolute atomic E-state index is 0.224. The molecule has 0 spiro atoms. The summed E-state index contributed by atoms with van der Waals surface area (Å²) in [5, 5.41) is 0. The van der Waals surface area contributed by atoms with Crippen LogP contribution in [0.5, 0.6) is 0 Å². The molecule has 1 aromatic rings. The van der Waals surface area contributed by atoms with Gasteiger partial charge in [-0.2, -0.15) is 12.6 Å². The van der Waals surface area contributed by atoms with Crippen molar-refractivity contribution in [3.8, 4) is 0 Å². The molecule has 1 aromatic carbocycles. The Labute approximate surface area is 102 Å². The van der Waals surface area contributed by atoms with E-state index in [2.05, 4.69) is 38.6 Å². The molecule has 0 N–H and O–H groups in total. The average molecular weight is 235 g/mol. The Balaban J connectivity index is 2.24. The first kappa shape index (κ1) is 11.5. The number of nitrogens with zero attached hydrogens (tertiary/aromatic N) is 1. The van der Waals surface area contributed by atoms with Gasteiger partial charge in [0.2, 0.25) is 5.91 Å². The molecule has 1 unspecified atom stereocenters. The van der Waals surface area contributed by atoms with Gasteiger partial charge in [-0.25, -0.2) is 0 Å². The highest BCUT2D eigenvalue weighted by Crippen LogP contribution is 2.27. The lowest BCUT2D eigenvalue weighted by Crippen LogP contribution is -2.24. The van der Waals surface area contributed by atoms with Gasteiger partial charge in [0.1, 0.15) is 0 Å². The van der Waals surface area contributed by atoms with E-state index in [0.29, 0.717) is 12.3 Å². The van der Waals surface area contributed by atoms with Gasteiger partial charge in [0.05, 0.1) is 0 Å². The third kappa shape index (κ3) is 2.09. The van der Waals surface area contributed by atoms with Gasteiger partial charge in [-0.05, 0) is 48.8 Å². The van der Waals surface area contributed by atoms with E-state index in [9.17, 15) is 4.79 Å². The van der Waals surface area contributed by atoms with Crippen LogP contribution in [0.25, 0.3) is 0 Å². The van der Waals surface area contributed by atoms with Crippen molar-refractivity contribution in [2.75, 3.05) is 17.2 Å². The predicted octanol–water partition coefficient (Wildman–Crippen LogP) is 2.59. The summed E-state index contributed by atoms with van der Waals surface area (Å²) < 4.78 is 0. The maximum atomic E-state index is 11.8. The van der Waals surface area contributed by atoms with Gasteiger partial charge in [0, 0.05) is 18.7 Å². The smallest absolute Gasteiger partial charge is 0.227 e. The van der Waals surface area contributed by atoms with Crippen molar-refractivity contribution in [1.82, 2.24) is 0 Å². The molecule has 0 bridgehead atoms. The minimum Gasteiger partial charge on any atom is -0.312 e. The summed E-state index contributed by atoms with van der Waals surface area (Å²) >= 11 is 4.27. The second kappa shape index (κ2) is 4.50. The lowest BCUT2D eigenvalue weighted by Gasteiger charge is -2.17. The summed E-state index contributed by atoms with van der Waals surface area (Å²) in [6, 6.07) is 6.20. The van der Waals surface area contributed by atoms with E-state index in [1.165, 1.54) is 11.1 Å². The largest absolute Gasteiger partial charge is 0.312 e. The van der Waals surface area contributed by atoms with Crippen LogP contribution in [-0.4, -0.2) is 18.2 Å². The summed E-state index contributed by atoms with van der Waals surface area (Å²) in [7, 11) is 0. The van der Waals surface area contributed by atoms with Crippen LogP contribution in [0.2, 0.25) is 0 Å². The van der Waals surface area contributed by atoms with Gasteiger partial charge in [-0.15, -0.1) is 0 Å². The molecule has 2 rings (SSSR count). The highest BCUT2D eigenvalue weighted by Gasteiger charge is 2.29. The minimum atomic E-state index is 0.224. The van der Waals surface area contributed by atoms with Crippen molar-refractivity contribution >= 4 is 24.2 Å². The number of carbonyl (C=O) groups is 1. The van der Waals surface area contributed by atoms with Crippen molar-refractivity contribution in [1.29, 1.82) is 0 Å². The van der Waals surface area contributed by atoms with Crippen molar-refractivity contribution in [3.05, 3.63) is 29.3 Å². The highest BCUT2D eigenvalue weighted by molar-refractivity contribution is 7.80. The Hall–Kier alpha value is -0.960. The maximum absolute atomic E-state index is 11.8. The Kier molecular flexibility index (Phi) is 3.24. The second-order valence-electron chi connectivity index (χ2n) is 4.53. The first-order valence-corrected chi connectivity index (χ1v) is 6.23. The van der Waals surface area contributed by atoms with Crippen LogP contribution in [-0.2, 0) is 4.79 Å². The number of carbonyl (C=O) groups excluding carboxylic acids is 1. The fraction of sp³-hybridized carbons (Fsp3) is 0.462. The average Bonchev–Trinajstić information content (AvgIpc) is 2.64. The van der Waals surface area contributed by atoms with Gasteiger partial charge in [0.15, 0.2) is 0 Å². The first-order valence-electron chi connectivity index (χ1n) is 5.60. The van der Waals surface area contributed by atoms with E-state index in [4.69, 9.17) is 0 Å². The van der Waals surface area contributed by atoms with Crippen LogP contribution in [0.4, 0.5) is 5.69 Å². The number of hydrogen-bond donors (Lipinski definition) is 1. The maximum Gasteiger partial charge on any atom is 0.227 e. The second-order valence-corrected chi connectivity index (χ2v) is 4.89. The number of hydrogen-bond acceptors (Lipinski definition) is 2. The summed E-state index contributed by atoms with van der Waals surface area (Å²) in [5.74, 6) is 1.41. The normalized spacial score (nSPS) is 20.6. The van der Waals surface area contributed by atoms with E-state index in [0.717, 1.165) is 18.0 Å². The Morgan fingerprint density at radius 2 is 2.12 bits per heavy atom. The fourth-order valence-corrected chi connectivity index (χ4v) is 2.29. The van der Waals surface area contributed by atoms with Gasteiger partial charge < -0.3 is 4.90 Å². The van der Waals surface area contributed by atoms with Crippen LogP contribution in [0.15, 0.2) is 18.2 Å². The molecular formula is C13H17NOS. The molecule has 0 aromatic heterocycles. The van der Waals surface area contributed by atoms with E-state index >= 15 is 0 Å². The summed E-state index contributed by atoms with van der Waals surface area (Å²) in [6.45, 7) is 4.97. The monoisotopic (exact) mass is 235 g/mol. The van der Waals surface area contributed by atoms with Crippen molar-refractivity contribution < 1.29 is 4.79 Å². The molecule has 3 heteroatoms. The number of amides is 1. The van der Waals surface area contributed by atoms with E-state index in [1.807, 2.05) is 11.0 Å². The third-order valence-corrected chi connectivity index (χ3v) is 3.78.